The van der Waals surface area contributed by atoms with E-state index in [-0.39, 0.29) is 11.5 Å². The van der Waals surface area contributed by atoms with Gasteiger partial charge in [0.2, 0.25) is 0 Å². The number of rotatable bonds is 9. The van der Waals surface area contributed by atoms with E-state index in [4.69, 9.17) is 4.74 Å². The summed E-state index contributed by atoms with van der Waals surface area (Å²) in [6.45, 7) is 2.06. The molecule has 0 heterocycles. The highest BCUT2D eigenvalue weighted by molar-refractivity contribution is 5.94. The van der Waals surface area contributed by atoms with Crippen LogP contribution >= 0.6 is 0 Å². The smallest absolute Gasteiger partial charge is 0.145 e. The van der Waals surface area contributed by atoms with Gasteiger partial charge in [0.05, 0.1) is 0 Å². The predicted molar refractivity (Wildman–Crippen MR) is 425 cm³/mol. The lowest BCUT2D eigenvalue weighted by Gasteiger charge is -2.34. The standard InChI is InChI=1S/C101H66O7/c1-59-52-63-53-64(45-42-62(63)56-91(59)99(105)84-37-17-6-26-71(84)72-27-7-18-38-85(72)99)96(102)83-36-16-10-30-75(83)77-54-60(43-48-89(77)96)61-44-49-90-78(55-61)76-31-11-21-41-88(76)101(90,107)93-58-66(98(104)81-34-14-4-24-69(81)70-25-5-15-35-82(70)98)47-51-95(93)108-94-50-46-65(97(103)79-32-12-2-22-67(79)68-23-3-13-33-80(68)97)57-92(94)100(106)86-39-19-8-28-73(86)74-29-9-20-40-87(74)100/h2-58,102-107H,1H3. The number of hydrogen-bond acceptors (Lipinski definition) is 7. The molecule has 512 valence electrons. The number of aryl methyl sites for hydroxylation is 1. The van der Waals surface area contributed by atoms with Gasteiger partial charge in [0.15, 0.2) is 0 Å². The first-order valence-corrected chi connectivity index (χ1v) is 36.9. The third-order valence-corrected chi connectivity index (χ3v) is 24.8. The molecule has 6 aliphatic rings. The molecule has 16 aromatic rings. The average molecular weight is 1390 g/mol. The normalized spacial score (nSPS) is 17.8. The van der Waals surface area contributed by atoms with Crippen LogP contribution in [-0.4, -0.2) is 30.6 Å². The molecular formula is C101H66O7. The molecule has 16 aromatic carbocycles. The molecule has 108 heavy (non-hydrogen) atoms. The van der Waals surface area contributed by atoms with Crippen molar-refractivity contribution in [2.24, 2.45) is 0 Å². The van der Waals surface area contributed by atoms with Crippen LogP contribution < -0.4 is 4.74 Å². The van der Waals surface area contributed by atoms with E-state index in [1.807, 2.05) is 273 Å². The summed E-state index contributed by atoms with van der Waals surface area (Å²) in [5.41, 5.74) is 15.5. The van der Waals surface area contributed by atoms with Gasteiger partial charge in [-0.15, -0.1) is 0 Å². The second-order valence-electron chi connectivity index (χ2n) is 30.0. The van der Waals surface area contributed by atoms with Crippen molar-refractivity contribution >= 4 is 10.8 Å². The predicted octanol–water partition coefficient (Wildman–Crippen LogP) is 20.2. The second kappa shape index (κ2) is 22.2. The number of ether oxygens (including phenoxy) is 1. The van der Waals surface area contributed by atoms with Crippen LogP contribution in [0.15, 0.2) is 346 Å². The Hall–Kier alpha value is -12.7. The summed E-state index contributed by atoms with van der Waals surface area (Å²) in [5, 5.41) is 85.0. The van der Waals surface area contributed by atoms with Gasteiger partial charge in [0.25, 0.3) is 0 Å². The minimum absolute atomic E-state index is 0.264. The van der Waals surface area contributed by atoms with E-state index in [0.717, 1.165) is 139 Å². The Morgan fingerprint density at radius 1 is 0.185 bits per heavy atom. The van der Waals surface area contributed by atoms with Gasteiger partial charge in [-0.2, -0.15) is 0 Å². The Morgan fingerprint density at radius 3 is 0.759 bits per heavy atom. The fourth-order valence-corrected chi connectivity index (χ4v) is 19.9. The highest BCUT2D eigenvalue weighted by Crippen LogP contribution is 2.62. The van der Waals surface area contributed by atoms with Gasteiger partial charge in [-0.3, -0.25) is 0 Å². The largest absolute Gasteiger partial charge is 0.457 e. The summed E-state index contributed by atoms with van der Waals surface area (Å²) >= 11 is 0. The van der Waals surface area contributed by atoms with Crippen molar-refractivity contribution < 1.29 is 35.4 Å². The third kappa shape index (κ3) is 8.05. The lowest BCUT2D eigenvalue weighted by molar-refractivity contribution is 0.119. The summed E-state index contributed by atoms with van der Waals surface area (Å²) in [7, 11) is 0. The van der Waals surface area contributed by atoms with Gasteiger partial charge >= 0.3 is 0 Å². The number of hydrogen-bond donors (Lipinski definition) is 6. The van der Waals surface area contributed by atoms with Crippen LogP contribution in [0.3, 0.4) is 0 Å². The topological polar surface area (TPSA) is 131 Å². The van der Waals surface area contributed by atoms with Crippen molar-refractivity contribution in [1.29, 1.82) is 0 Å². The highest BCUT2D eigenvalue weighted by atomic mass is 16.5. The Kier molecular flexibility index (Phi) is 12.9. The van der Waals surface area contributed by atoms with E-state index in [1.165, 1.54) is 0 Å². The molecule has 7 heteroatoms. The molecule has 0 amide bonds. The quantitative estimate of drug-likeness (QED) is 0.0849. The molecule has 0 saturated carbocycles. The number of benzene rings is 16. The maximum atomic E-state index is 14.8. The Morgan fingerprint density at radius 2 is 0.435 bits per heavy atom. The fraction of sp³-hybridized carbons (Fsp3) is 0.0693. The van der Waals surface area contributed by atoms with Crippen molar-refractivity contribution in [2.75, 3.05) is 0 Å². The van der Waals surface area contributed by atoms with E-state index in [0.29, 0.717) is 55.6 Å². The average Bonchev–Trinajstić information content (AvgIpc) is 1.53. The summed E-state index contributed by atoms with van der Waals surface area (Å²) in [6.07, 6.45) is 0. The molecule has 6 aliphatic carbocycles. The van der Waals surface area contributed by atoms with Gasteiger partial charge in [-0.1, -0.05) is 297 Å². The lowest BCUT2D eigenvalue weighted by atomic mass is 9.78. The summed E-state index contributed by atoms with van der Waals surface area (Å²) in [5.74, 6) is 0.540. The molecule has 6 N–H and O–H groups in total. The zero-order valence-corrected chi connectivity index (χ0v) is 58.5. The molecule has 2 unspecified atom stereocenters. The maximum Gasteiger partial charge on any atom is 0.145 e. The summed E-state index contributed by atoms with van der Waals surface area (Å²) < 4.78 is 7.61. The van der Waals surface area contributed by atoms with Crippen molar-refractivity contribution in [3.05, 3.63) is 451 Å². The summed E-state index contributed by atoms with van der Waals surface area (Å²) in [4.78, 5) is 0. The number of fused-ring (bicyclic) bond motifs is 19. The first kappa shape index (κ1) is 62.7. The molecule has 0 radical (unpaired) electrons. The minimum Gasteiger partial charge on any atom is -0.457 e. The van der Waals surface area contributed by atoms with Crippen molar-refractivity contribution in [2.45, 2.75) is 40.5 Å². The van der Waals surface area contributed by atoms with E-state index in [1.54, 1.807) is 0 Å². The molecule has 7 nitrogen and oxygen atoms in total. The van der Waals surface area contributed by atoms with Crippen LogP contribution in [0.5, 0.6) is 11.5 Å². The molecule has 0 saturated heterocycles. The van der Waals surface area contributed by atoms with Crippen molar-refractivity contribution in [3.63, 3.8) is 0 Å². The molecule has 0 spiro atoms. The SMILES string of the molecule is Cc1cc2cc(C3(O)c4ccccc4-c4cc(-c5ccc6c(c5)-c5ccccc5C6(O)c5cc(C6(O)c7ccccc7-c7ccccc76)ccc5Oc5ccc(C6(O)c7ccccc7-c7ccccc76)cc5C5(O)c6ccccc6-c6ccccc65)ccc43)ccc2cc1C1(O)c2ccccc2-c2ccccc21. The van der Waals surface area contributed by atoms with E-state index >= 15 is 0 Å². The van der Waals surface area contributed by atoms with E-state index < -0.39 is 33.6 Å². The molecule has 2 atom stereocenters. The van der Waals surface area contributed by atoms with E-state index in [2.05, 4.69) is 79.7 Å². The Labute approximate surface area is 623 Å². The molecule has 0 aromatic heterocycles. The van der Waals surface area contributed by atoms with Crippen LogP contribution in [0, 0.1) is 6.92 Å². The van der Waals surface area contributed by atoms with Gasteiger partial charge < -0.3 is 35.4 Å². The zero-order chi connectivity index (χ0) is 72.4. The van der Waals surface area contributed by atoms with Crippen LogP contribution in [-0.2, 0) is 33.6 Å². The third-order valence-electron chi connectivity index (χ3n) is 24.8. The van der Waals surface area contributed by atoms with E-state index in [9.17, 15) is 30.6 Å². The number of aliphatic hydroxyl groups is 6. The minimum atomic E-state index is -1.94. The highest BCUT2D eigenvalue weighted by Gasteiger charge is 2.53. The van der Waals surface area contributed by atoms with Crippen LogP contribution in [0.25, 0.3) is 88.7 Å². The molecule has 0 bridgehead atoms. The maximum absolute atomic E-state index is 14.8. The molecule has 0 aliphatic heterocycles. The van der Waals surface area contributed by atoms with Crippen molar-refractivity contribution in [1.82, 2.24) is 0 Å². The van der Waals surface area contributed by atoms with Gasteiger partial charge in [0.1, 0.15) is 45.1 Å². The van der Waals surface area contributed by atoms with Crippen molar-refractivity contribution in [3.8, 4) is 89.4 Å². The molecule has 0 fully saturated rings. The lowest BCUT2D eigenvalue weighted by Crippen LogP contribution is -2.31. The zero-order valence-electron chi connectivity index (χ0n) is 58.5. The van der Waals surface area contributed by atoms with Gasteiger partial charge in [0, 0.05) is 77.9 Å². The monoisotopic (exact) mass is 1390 g/mol. The van der Waals surface area contributed by atoms with Crippen LogP contribution in [0.4, 0.5) is 0 Å². The van der Waals surface area contributed by atoms with Gasteiger partial charge in [-0.05, 0) is 172 Å². The van der Waals surface area contributed by atoms with Crippen LogP contribution in [0.2, 0.25) is 0 Å². The first-order chi connectivity index (χ1) is 52.7. The Bertz CT molecular complexity index is 6460. The van der Waals surface area contributed by atoms with Crippen LogP contribution in [0.1, 0.15) is 106 Å². The van der Waals surface area contributed by atoms with Gasteiger partial charge in [-0.25, -0.2) is 0 Å². The Balaban J connectivity index is 0.695. The molecular weight excluding hydrogens is 1330 g/mol. The first-order valence-electron chi connectivity index (χ1n) is 36.9. The second-order valence-corrected chi connectivity index (χ2v) is 30.0. The molecule has 22 rings (SSSR count). The summed E-state index contributed by atoms with van der Waals surface area (Å²) in [6, 6.07) is 114. The fourth-order valence-electron chi connectivity index (χ4n) is 19.9.